The van der Waals surface area contributed by atoms with Crippen LogP contribution in [0.15, 0.2) is 52.2 Å². The van der Waals surface area contributed by atoms with Gasteiger partial charge in [0.15, 0.2) is 0 Å². The van der Waals surface area contributed by atoms with Crippen molar-refractivity contribution in [2.75, 3.05) is 18.1 Å². The lowest BCUT2D eigenvalue weighted by molar-refractivity contribution is -0.131. The highest BCUT2D eigenvalue weighted by molar-refractivity contribution is 6.40. The summed E-state index contributed by atoms with van der Waals surface area (Å²) in [7, 11) is 0. The van der Waals surface area contributed by atoms with E-state index in [-0.39, 0.29) is 29.9 Å². The molecule has 4 rings (SSSR count). The maximum Gasteiger partial charge on any atom is 0.270 e. The maximum atomic E-state index is 13.2. The lowest BCUT2D eigenvalue weighted by atomic mass is 9.95. The molecule has 1 saturated heterocycles. The van der Waals surface area contributed by atoms with Gasteiger partial charge in [-0.2, -0.15) is 5.10 Å². The van der Waals surface area contributed by atoms with Crippen molar-refractivity contribution in [2.45, 2.75) is 31.8 Å². The van der Waals surface area contributed by atoms with E-state index in [0.29, 0.717) is 43.9 Å². The van der Waals surface area contributed by atoms with Crippen molar-refractivity contribution >= 4 is 29.1 Å². The number of hydrogen-bond donors (Lipinski definition) is 2. The van der Waals surface area contributed by atoms with E-state index in [4.69, 9.17) is 10.2 Å². The van der Waals surface area contributed by atoms with Crippen LogP contribution in [-0.2, 0) is 20.9 Å². The number of nitrogens with one attached hydrogen (secondary N) is 1. The number of rotatable bonds is 6. The minimum absolute atomic E-state index is 0.0667. The number of primary amides is 1. The summed E-state index contributed by atoms with van der Waals surface area (Å²) in [6.07, 6.45) is 2.69. The van der Waals surface area contributed by atoms with Crippen molar-refractivity contribution in [2.24, 2.45) is 16.8 Å². The highest BCUT2D eigenvalue weighted by atomic mass is 19.1. The van der Waals surface area contributed by atoms with E-state index in [1.165, 1.54) is 29.3 Å². The third-order valence-electron chi connectivity index (χ3n) is 5.75. The van der Waals surface area contributed by atoms with Crippen LogP contribution in [0.3, 0.4) is 0 Å². The number of carbonyl (C=O) groups is 3. The molecule has 0 aliphatic carbocycles. The molecule has 9 nitrogen and oxygen atoms in total. The Morgan fingerprint density at radius 2 is 1.88 bits per heavy atom. The van der Waals surface area contributed by atoms with E-state index in [1.807, 2.05) is 0 Å². The molecule has 1 fully saturated rings. The van der Waals surface area contributed by atoms with Crippen LogP contribution in [0.25, 0.3) is 0 Å². The monoisotopic (exact) mass is 441 g/mol. The second-order valence-electron chi connectivity index (χ2n) is 7.85. The van der Waals surface area contributed by atoms with Crippen LogP contribution in [0.1, 0.15) is 25.0 Å². The Morgan fingerprint density at radius 3 is 2.50 bits per heavy atom. The number of halogens is 1. The second kappa shape index (κ2) is 9.21. The van der Waals surface area contributed by atoms with Crippen molar-refractivity contribution in [3.05, 3.63) is 54.2 Å². The normalized spacial score (nSPS) is 19.0. The number of nitrogens with zero attached hydrogens (tertiary/aromatic N) is 3. The Kier molecular flexibility index (Phi) is 6.20. The van der Waals surface area contributed by atoms with Crippen molar-refractivity contribution in [3.8, 4) is 0 Å². The fourth-order valence-electron chi connectivity index (χ4n) is 3.95. The van der Waals surface area contributed by atoms with Gasteiger partial charge in [0.25, 0.3) is 5.91 Å². The lowest BCUT2D eigenvalue weighted by Gasteiger charge is -2.31. The minimum Gasteiger partial charge on any atom is -0.467 e. The molecule has 1 aromatic heterocycles. The number of hydrazone groups is 1. The van der Waals surface area contributed by atoms with Gasteiger partial charge in [-0.15, -0.1) is 0 Å². The first-order valence-corrected chi connectivity index (χ1v) is 10.4. The van der Waals surface area contributed by atoms with Crippen LogP contribution in [0.4, 0.5) is 10.1 Å². The van der Waals surface area contributed by atoms with E-state index >= 15 is 0 Å². The summed E-state index contributed by atoms with van der Waals surface area (Å²) in [6, 6.07) is 8.21. The first-order valence-electron chi connectivity index (χ1n) is 10.4. The largest absolute Gasteiger partial charge is 0.467 e. The first kappa shape index (κ1) is 21.5. The maximum absolute atomic E-state index is 13.2. The zero-order valence-corrected chi connectivity index (χ0v) is 17.4. The highest BCUT2D eigenvalue weighted by Gasteiger charge is 2.37. The van der Waals surface area contributed by atoms with Crippen molar-refractivity contribution < 1.29 is 23.2 Å². The molecule has 3 heterocycles. The summed E-state index contributed by atoms with van der Waals surface area (Å²) in [5, 5.41) is 8.54. The van der Waals surface area contributed by atoms with Gasteiger partial charge in [0.05, 0.1) is 18.5 Å². The van der Waals surface area contributed by atoms with E-state index in [0.717, 1.165) is 0 Å². The van der Waals surface area contributed by atoms with Gasteiger partial charge in [-0.1, -0.05) is 0 Å². The third kappa shape index (κ3) is 4.63. The van der Waals surface area contributed by atoms with Gasteiger partial charge in [-0.25, -0.2) is 4.39 Å². The summed E-state index contributed by atoms with van der Waals surface area (Å²) in [6.45, 7) is 1.15. The first-order chi connectivity index (χ1) is 15.4. The Labute approximate surface area is 184 Å². The highest BCUT2D eigenvalue weighted by Crippen LogP contribution is 2.26. The average Bonchev–Trinajstić information content (AvgIpc) is 3.48. The van der Waals surface area contributed by atoms with Gasteiger partial charge in [0.1, 0.15) is 23.3 Å². The topological polar surface area (TPSA) is 121 Å². The van der Waals surface area contributed by atoms with Crippen LogP contribution in [0.2, 0.25) is 0 Å². The predicted octanol–water partition coefficient (Wildman–Crippen LogP) is 1.39. The van der Waals surface area contributed by atoms with Gasteiger partial charge in [0, 0.05) is 25.4 Å². The Morgan fingerprint density at radius 1 is 1.16 bits per heavy atom. The van der Waals surface area contributed by atoms with E-state index in [1.54, 1.807) is 23.3 Å². The molecule has 3 amide bonds. The number of anilines is 1. The van der Waals surface area contributed by atoms with Gasteiger partial charge in [0.2, 0.25) is 11.8 Å². The average molecular weight is 441 g/mol. The molecule has 32 heavy (non-hydrogen) atoms. The molecule has 2 aliphatic heterocycles. The number of piperidine rings is 1. The summed E-state index contributed by atoms with van der Waals surface area (Å²) in [4.78, 5) is 39.0. The zero-order chi connectivity index (χ0) is 22.7. The zero-order valence-electron chi connectivity index (χ0n) is 17.4. The minimum atomic E-state index is -0.815. The Hall–Kier alpha value is -3.69. The molecule has 168 valence electrons. The van der Waals surface area contributed by atoms with Crippen molar-refractivity contribution in [3.63, 3.8) is 0 Å². The van der Waals surface area contributed by atoms with Crippen LogP contribution in [0.5, 0.6) is 0 Å². The standard InChI is InChI=1S/C22H24FN5O4/c23-15-3-5-16(6-4-15)28-19(20(24)29)12-18(26-28)22(31)27-9-7-14(8-10-27)21(30)25-13-17-2-1-11-32-17/h1-6,11,14,19H,7-10,12-13H2,(H2,24,29)(H,25,30). The molecule has 2 aliphatic rings. The molecule has 1 unspecified atom stereocenters. The number of nitrogens with two attached hydrogens (primary N) is 1. The Bertz CT molecular complexity index is 1010. The number of furan rings is 1. The molecule has 1 aromatic carbocycles. The molecular weight excluding hydrogens is 417 g/mol. The Balaban J connectivity index is 1.36. The van der Waals surface area contributed by atoms with Crippen molar-refractivity contribution in [1.29, 1.82) is 0 Å². The summed E-state index contributed by atoms with van der Waals surface area (Å²) in [5.74, 6) is -0.889. The molecule has 0 radical (unpaired) electrons. The van der Waals surface area contributed by atoms with Crippen LogP contribution in [0, 0.1) is 11.7 Å². The molecule has 10 heteroatoms. The number of hydrogen-bond acceptors (Lipinski definition) is 6. The summed E-state index contributed by atoms with van der Waals surface area (Å²) >= 11 is 0. The number of likely N-dealkylation sites (tertiary alicyclic amines) is 1. The van der Waals surface area contributed by atoms with Gasteiger partial charge in [-0.3, -0.25) is 19.4 Å². The summed E-state index contributed by atoms with van der Waals surface area (Å²) in [5.41, 5.74) is 6.21. The lowest BCUT2D eigenvalue weighted by Crippen LogP contribution is -2.45. The van der Waals surface area contributed by atoms with Gasteiger partial charge >= 0.3 is 0 Å². The number of carbonyl (C=O) groups excluding carboxylic acids is 3. The second-order valence-corrected chi connectivity index (χ2v) is 7.85. The van der Waals surface area contributed by atoms with Gasteiger partial charge in [-0.05, 0) is 49.2 Å². The van der Waals surface area contributed by atoms with E-state index < -0.39 is 17.8 Å². The van der Waals surface area contributed by atoms with Gasteiger partial charge < -0.3 is 20.4 Å². The molecule has 1 atom stereocenters. The third-order valence-corrected chi connectivity index (χ3v) is 5.75. The van der Waals surface area contributed by atoms with Crippen molar-refractivity contribution in [1.82, 2.24) is 10.2 Å². The molecule has 2 aromatic rings. The molecule has 3 N–H and O–H groups in total. The van der Waals surface area contributed by atoms with Crippen LogP contribution >= 0.6 is 0 Å². The molecule has 0 spiro atoms. The number of benzene rings is 1. The fourth-order valence-corrected chi connectivity index (χ4v) is 3.95. The molecule has 0 bridgehead atoms. The quantitative estimate of drug-likeness (QED) is 0.702. The van der Waals surface area contributed by atoms with E-state index in [9.17, 15) is 18.8 Å². The van der Waals surface area contributed by atoms with Crippen LogP contribution < -0.4 is 16.1 Å². The molecule has 0 saturated carbocycles. The van der Waals surface area contributed by atoms with Crippen LogP contribution in [-0.4, -0.2) is 47.5 Å². The predicted molar refractivity (Wildman–Crippen MR) is 114 cm³/mol. The molecular formula is C22H24FN5O4. The SMILES string of the molecule is NC(=O)C1CC(C(=O)N2CCC(C(=O)NCc3ccco3)CC2)=NN1c1ccc(F)cc1. The smallest absolute Gasteiger partial charge is 0.270 e. The number of amides is 3. The fraction of sp³-hybridized carbons (Fsp3) is 0.364. The van der Waals surface area contributed by atoms with E-state index in [2.05, 4.69) is 10.4 Å². The summed E-state index contributed by atoms with van der Waals surface area (Å²) < 4.78 is 18.5.